The van der Waals surface area contributed by atoms with E-state index >= 15 is 0 Å². The fourth-order valence-electron chi connectivity index (χ4n) is 4.37. The number of hydrogen-bond donors (Lipinski definition) is 1. The van der Waals surface area contributed by atoms with Gasteiger partial charge in [0.25, 0.3) is 0 Å². The molecule has 180 valence electrons. The van der Waals surface area contributed by atoms with Gasteiger partial charge in [0.1, 0.15) is 29.4 Å². The Hall–Kier alpha value is -2.64. The van der Waals surface area contributed by atoms with Crippen LogP contribution in [0.3, 0.4) is 0 Å². The molecule has 0 aliphatic carbocycles. The van der Waals surface area contributed by atoms with Gasteiger partial charge in [0, 0.05) is 12.6 Å². The minimum Gasteiger partial charge on any atom is -0.467 e. The zero-order chi connectivity index (χ0) is 24.2. The molecule has 0 amide bonds. The van der Waals surface area contributed by atoms with E-state index < -0.39 is 35.7 Å². The summed E-state index contributed by atoms with van der Waals surface area (Å²) in [5.41, 5.74) is 0.277. The standard InChI is InChI=1S/C26H35NO6/c1-17(2)32-24(29)20-14-13-19(27(20)16-18-10-7-6-8-11-18)22(25(30)33-26(3,4)5)23(28)21-12-9-15-31-21/h6-12,15,17,19-20,22-23,28H,13-14,16H2,1-5H3/t19-,20+,22?,23?/m1/s1. The van der Waals surface area contributed by atoms with Crippen LogP contribution in [0.1, 0.15) is 64.9 Å². The van der Waals surface area contributed by atoms with Crippen molar-refractivity contribution < 1.29 is 28.6 Å². The van der Waals surface area contributed by atoms with E-state index in [1.54, 1.807) is 32.9 Å². The van der Waals surface area contributed by atoms with Crippen molar-refractivity contribution in [1.29, 1.82) is 0 Å². The van der Waals surface area contributed by atoms with Crippen molar-refractivity contribution in [1.82, 2.24) is 4.90 Å². The zero-order valence-corrected chi connectivity index (χ0v) is 20.1. The van der Waals surface area contributed by atoms with Crippen molar-refractivity contribution in [3.8, 4) is 0 Å². The fourth-order valence-corrected chi connectivity index (χ4v) is 4.37. The fraction of sp³-hybridized carbons (Fsp3) is 0.538. The first-order valence-corrected chi connectivity index (χ1v) is 11.5. The number of esters is 2. The van der Waals surface area contributed by atoms with Gasteiger partial charge in [-0.1, -0.05) is 30.3 Å². The smallest absolute Gasteiger partial charge is 0.323 e. The molecule has 0 radical (unpaired) electrons. The number of carbonyl (C=O) groups excluding carboxylic acids is 2. The van der Waals surface area contributed by atoms with Crippen LogP contribution in [0.4, 0.5) is 0 Å². The molecule has 0 spiro atoms. The Balaban J connectivity index is 1.97. The second-order valence-electron chi connectivity index (χ2n) is 9.82. The SMILES string of the molecule is CC(C)OC(=O)[C@@H]1CC[C@H](C(C(=O)OC(C)(C)C)C(O)c2ccco2)N1Cc1ccccc1. The summed E-state index contributed by atoms with van der Waals surface area (Å²) in [6.45, 7) is 9.45. The Morgan fingerprint density at radius 3 is 2.39 bits per heavy atom. The Morgan fingerprint density at radius 2 is 1.82 bits per heavy atom. The van der Waals surface area contributed by atoms with Gasteiger partial charge in [-0.15, -0.1) is 0 Å². The number of rotatable bonds is 8. The van der Waals surface area contributed by atoms with Crippen molar-refractivity contribution in [3.05, 3.63) is 60.1 Å². The van der Waals surface area contributed by atoms with Crippen molar-refractivity contribution in [2.75, 3.05) is 0 Å². The van der Waals surface area contributed by atoms with Gasteiger partial charge in [0.2, 0.25) is 0 Å². The van der Waals surface area contributed by atoms with E-state index in [1.165, 1.54) is 6.26 Å². The lowest BCUT2D eigenvalue weighted by Crippen LogP contribution is -2.48. The molecular weight excluding hydrogens is 422 g/mol. The van der Waals surface area contributed by atoms with Gasteiger partial charge in [-0.25, -0.2) is 0 Å². The minimum absolute atomic E-state index is 0.245. The second kappa shape index (κ2) is 10.5. The van der Waals surface area contributed by atoms with Gasteiger partial charge in [0.15, 0.2) is 0 Å². The zero-order valence-electron chi connectivity index (χ0n) is 20.1. The van der Waals surface area contributed by atoms with Crippen molar-refractivity contribution in [2.45, 2.75) is 83.9 Å². The van der Waals surface area contributed by atoms with E-state index in [4.69, 9.17) is 13.9 Å². The van der Waals surface area contributed by atoms with Gasteiger partial charge in [0.05, 0.1) is 12.4 Å². The lowest BCUT2D eigenvalue weighted by atomic mass is 9.89. The largest absolute Gasteiger partial charge is 0.467 e. The van der Waals surface area contributed by atoms with E-state index in [-0.39, 0.29) is 12.1 Å². The molecule has 2 aromatic rings. The van der Waals surface area contributed by atoms with Crippen LogP contribution in [0.25, 0.3) is 0 Å². The van der Waals surface area contributed by atoms with Crippen LogP contribution >= 0.6 is 0 Å². The summed E-state index contributed by atoms with van der Waals surface area (Å²) in [5, 5.41) is 11.2. The van der Waals surface area contributed by atoms with Crippen LogP contribution in [0.5, 0.6) is 0 Å². The van der Waals surface area contributed by atoms with Gasteiger partial charge < -0.3 is 19.0 Å². The average Bonchev–Trinajstić information content (AvgIpc) is 3.38. The summed E-state index contributed by atoms with van der Waals surface area (Å²) in [4.78, 5) is 28.3. The molecule has 2 heterocycles. The monoisotopic (exact) mass is 457 g/mol. The summed E-state index contributed by atoms with van der Waals surface area (Å²) < 4.78 is 16.7. The van der Waals surface area contributed by atoms with Crippen LogP contribution in [0.15, 0.2) is 53.1 Å². The van der Waals surface area contributed by atoms with Crippen molar-refractivity contribution in [2.24, 2.45) is 5.92 Å². The van der Waals surface area contributed by atoms with Crippen molar-refractivity contribution in [3.63, 3.8) is 0 Å². The maximum Gasteiger partial charge on any atom is 0.323 e. The summed E-state index contributed by atoms with van der Waals surface area (Å²) in [6, 6.07) is 12.1. The van der Waals surface area contributed by atoms with Gasteiger partial charge >= 0.3 is 11.9 Å². The highest BCUT2D eigenvalue weighted by Gasteiger charge is 2.49. The highest BCUT2D eigenvalue weighted by atomic mass is 16.6. The summed E-state index contributed by atoms with van der Waals surface area (Å²) in [7, 11) is 0. The molecule has 3 rings (SSSR count). The number of aliphatic hydroxyl groups is 1. The van der Waals surface area contributed by atoms with Crippen molar-refractivity contribution >= 4 is 11.9 Å². The first-order valence-electron chi connectivity index (χ1n) is 11.5. The lowest BCUT2D eigenvalue weighted by molar-refractivity contribution is -0.170. The number of benzene rings is 1. The van der Waals surface area contributed by atoms with E-state index in [0.717, 1.165) is 5.56 Å². The molecule has 1 saturated heterocycles. The lowest BCUT2D eigenvalue weighted by Gasteiger charge is -2.36. The molecule has 1 aliphatic heterocycles. The molecular formula is C26H35NO6. The van der Waals surface area contributed by atoms with Gasteiger partial charge in [-0.05, 0) is 65.2 Å². The highest BCUT2D eigenvalue weighted by molar-refractivity contribution is 5.78. The van der Waals surface area contributed by atoms with Crippen LogP contribution in [0, 0.1) is 5.92 Å². The second-order valence-corrected chi connectivity index (χ2v) is 9.82. The van der Waals surface area contributed by atoms with E-state index in [1.807, 2.05) is 49.1 Å². The van der Waals surface area contributed by atoms with E-state index in [2.05, 4.69) is 0 Å². The summed E-state index contributed by atoms with van der Waals surface area (Å²) in [5.74, 6) is -1.49. The third-order valence-corrected chi connectivity index (χ3v) is 5.66. The Kier molecular flexibility index (Phi) is 7.97. The van der Waals surface area contributed by atoms with Crippen LogP contribution < -0.4 is 0 Å². The molecule has 1 aromatic heterocycles. The third-order valence-electron chi connectivity index (χ3n) is 5.66. The normalized spacial score (nSPS) is 21.1. The number of hydrogen-bond acceptors (Lipinski definition) is 7. The molecule has 33 heavy (non-hydrogen) atoms. The van der Waals surface area contributed by atoms with Crippen LogP contribution in [-0.2, 0) is 25.6 Å². The molecule has 4 atom stereocenters. The number of likely N-dealkylation sites (tertiary alicyclic amines) is 1. The average molecular weight is 458 g/mol. The Bertz CT molecular complexity index is 903. The minimum atomic E-state index is -1.21. The molecule has 0 saturated carbocycles. The topological polar surface area (TPSA) is 89.2 Å². The summed E-state index contributed by atoms with van der Waals surface area (Å²) >= 11 is 0. The van der Waals surface area contributed by atoms with Crippen LogP contribution in [0.2, 0.25) is 0 Å². The molecule has 1 aromatic carbocycles. The molecule has 0 bridgehead atoms. The first-order chi connectivity index (χ1) is 15.6. The Morgan fingerprint density at radius 1 is 1.12 bits per heavy atom. The number of aliphatic hydroxyl groups excluding tert-OH is 1. The van der Waals surface area contributed by atoms with Gasteiger partial charge in [-0.3, -0.25) is 14.5 Å². The van der Waals surface area contributed by atoms with E-state index in [9.17, 15) is 14.7 Å². The predicted molar refractivity (Wildman–Crippen MR) is 123 cm³/mol. The third kappa shape index (κ3) is 6.45. The molecule has 7 nitrogen and oxygen atoms in total. The number of furan rings is 1. The molecule has 2 unspecified atom stereocenters. The van der Waals surface area contributed by atoms with Gasteiger partial charge in [-0.2, -0.15) is 0 Å². The molecule has 1 fully saturated rings. The first kappa shape index (κ1) is 25.0. The van der Waals surface area contributed by atoms with E-state index in [0.29, 0.717) is 25.1 Å². The molecule has 1 N–H and O–H groups in total. The molecule has 1 aliphatic rings. The maximum absolute atomic E-state index is 13.4. The maximum atomic E-state index is 13.4. The number of nitrogens with zero attached hydrogens (tertiary/aromatic N) is 1. The molecule has 7 heteroatoms. The summed E-state index contributed by atoms with van der Waals surface area (Å²) in [6.07, 6.45) is 1.06. The number of ether oxygens (including phenoxy) is 2. The quantitative estimate of drug-likeness (QED) is 0.593. The Labute approximate surface area is 195 Å². The number of carbonyl (C=O) groups is 2. The van der Waals surface area contributed by atoms with Crippen LogP contribution in [-0.4, -0.2) is 45.7 Å². The highest BCUT2D eigenvalue weighted by Crippen LogP contribution is 2.39. The predicted octanol–water partition coefficient (Wildman–Crippen LogP) is 4.26.